The van der Waals surface area contributed by atoms with E-state index in [9.17, 15) is 4.79 Å². The van der Waals surface area contributed by atoms with Crippen LogP contribution >= 0.6 is 0 Å². The van der Waals surface area contributed by atoms with Crippen molar-refractivity contribution in [3.8, 4) is 0 Å². The molecule has 0 aliphatic heterocycles. The number of amides is 1. The molecule has 1 saturated carbocycles. The predicted octanol–water partition coefficient (Wildman–Crippen LogP) is 2.18. The molecule has 18 heavy (non-hydrogen) atoms. The fourth-order valence-electron chi connectivity index (χ4n) is 2.63. The molecule has 1 atom stereocenters. The van der Waals surface area contributed by atoms with E-state index in [1.54, 1.807) is 0 Å². The first-order valence-electron chi connectivity index (χ1n) is 6.86. The van der Waals surface area contributed by atoms with Crippen molar-refractivity contribution < 1.29 is 4.79 Å². The monoisotopic (exact) mass is 246 g/mol. The molecule has 3 heteroatoms. The highest BCUT2D eigenvalue weighted by Gasteiger charge is 2.22. The van der Waals surface area contributed by atoms with Gasteiger partial charge in [-0.2, -0.15) is 0 Å². The molecular formula is C15H22N2O. The smallest absolute Gasteiger partial charge is 0.229 e. The summed E-state index contributed by atoms with van der Waals surface area (Å²) < 4.78 is 0. The summed E-state index contributed by atoms with van der Waals surface area (Å²) in [7, 11) is 0. The van der Waals surface area contributed by atoms with Gasteiger partial charge in [0.05, 0.1) is 5.92 Å². The lowest BCUT2D eigenvalue weighted by molar-refractivity contribution is -0.123. The third kappa shape index (κ3) is 3.33. The maximum atomic E-state index is 12.3. The molecule has 1 fully saturated rings. The van der Waals surface area contributed by atoms with E-state index in [-0.39, 0.29) is 11.8 Å². The summed E-state index contributed by atoms with van der Waals surface area (Å²) in [5, 5.41) is 3.15. The summed E-state index contributed by atoms with van der Waals surface area (Å²) >= 11 is 0. The molecule has 0 bridgehead atoms. The Balaban J connectivity index is 1.97. The average Bonchev–Trinajstić information content (AvgIpc) is 2.42. The Morgan fingerprint density at radius 3 is 2.50 bits per heavy atom. The lowest BCUT2D eigenvalue weighted by Crippen LogP contribution is -2.41. The van der Waals surface area contributed by atoms with Gasteiger partial charge in [0.15, 0.2) is 0 Å². The van der Waals surface area contributed by atoms with Crippen molar-refractivity contribution >= 4 is 5.91 Å². The number of carbonyl (C=O) groups excluding carboxylic acids is 1. The number of rotatable bonds is 4. The van der Waals surface area contributed by atoms with Crippen molar-refractivity contribution in [3.63, 3.8) is 0 Å². The van der Waals surface area contributed by atoms with E-state index in [0.717, 1.165) is 18.4 Å². The fraction of sp³-hybridized carbons (Fsp3) is 0.533. The van der Waals surface area contributed by atoms with Crippen LogP contribution in [0.15, 0.2) is 30.3 Å². The van der Waals surface area contributed by atoms with Crippen molar-refractivity contribution in [1.82, 2.24) is 5.32 Å². The SMILES string of the molecule is NCC(C(=O)NC1CCCCC1)c1ccccc1. The number of benzene rings is 1. The van der Waals surface area contributed by atoms with Gasteiger partial charge in [0, 0.05) is 12.6 Å². The molecule has 1 aliphatic rings. The lowest BCUT2D eigenvalue weighted by atomic mass is 9.93. The largest absolute Gasteiger partial charge is 0.353 e. The molecule has 0 heterocycles. The Morgan fingerprint density at radius 1 is 1.22 bits per heavy atom. The quantitative estimate of drug-likeness (QED) is 0.855. The Bertz CT molecular complexity index is 371. The number of hydrogen-bond acceptors (Lipinski definition) is 2. The van der Waals surface area contributed by atoms with Crippen molar-refractivity contribution in [2.24, 2.45) is 5.73 Å². The molecule has 3 nitrogen and oxygen atoms in total. The van der Waals surface area contributed by atoms with Gasteiger partial charge in [-0.1, -0.05) is 49.6 Å². The third-order valence-corrected chi connectivity index (χ3v) is 3.71. The molecule has 2 rings (SSSR count). The first-order valence-corrected chi connectivity index (χ1v) is 6.86. The summed E-state index contributed by atoms with van der Waals surface area (Å²) in [6.07, 6.45) is 5.97. The van der Waals surface area contributed by atoms with Gasteiger partial charge in [-0.15, -0.1) is 0 Å². The summed E-state index contributed by atoms with van der Waals surface area (Å²) in [4.78, 5) is 12.3. The number of hydrogen-bond donors (Lipinski definition) is 2. The van der Waals surface area contributed by atoms with E-state index in [2.05, 4.69) is 5.32 Å². The van der Waals surface area contributed by atoms with Crippen LogP contribution < -0.4 is 11.1 Å². The zero-order valence-electron chi connectivity index (χ0n) is 10.8. The molecule has 98 valence electrons. The van der Waals surface area contributed by atoms with Crippen LogP contribution in [0.1, 0.15) is 43.6 Å². The van der Waals surface area contributed by atoms with Gasteiger partial charge in [0.25, 0.3) is 0 Å². The Hall–Kier alpha value is -1.35. The van der Waals surface area contributed by atoms with Crippen LogP contribution in [0.4, 0.5) is 0 Å². The minimum atomic E-state index is -0.215. The Morgan fingerprint density at radius 2 is 1.89 bits per heavy atom. The molecular weight excluding hydrogens is 224 g/mol. The van der Waals surface area contributed by atoms with Crippen molar-refractivity contribution in [1.29, 1.82) is 0 Å². The van der Waals surface area contributed by atoms with E-state index in [4.69, 9.17) is 5.73 Å². The third-order valence-electron chi connectivity index (χ3n) is 3.71. The highest BCUT2D eigenvalue weighted by atomic mass is 16.1. The second kappa shape index (κ2) is 6.55. The zero-order chi connectivity index (χ0) is 12.8. The average molecular weight is 246 g/mol. The van der Waals surface area contributed by atoms with Crippen LogP contribution in [0.2, 0.25) is 0 Å². The van der Waals surface area contributed by atoms with Crippen LogP contribution in [0.25, 0.3) is 0 Å². The number of nitrogens with two attached hydrogens (primary N) is 1. The maximum absolute atomic E-state index is 12.3. The molecule has 1 unspecified atom stereocenters. The molecule has 0 spiro atoms. The molecule has 1 aromatic carbocycles. The van der Waals surface area contributed by atoms with Gasteiger partial charge >= 0.3 is 0 Å². The van der Waals surface area contributed by atoms with Gasteiger partial charge in [0.2, 0.25) is 5.91 Å². The zero-order valence-corrected chi connectivity index (χ0v) is 10.8. The first kappa shape index (κ1) is 13.1. The van der Waals surface area contributed by atoms with E-state index >= 15 is 0 Å². The van der Waals surface area contributed by atoms with E-state index < -0.39 is 0 Å². The topological polar surface area (TPSA) is 55.1 Å². The molecule has 1 amide bonds. The molecule has 3 N–H and O–H groups in total. The van der Waals surface area contributed by atoms with E-state index in [1.807, 2.05) is 30.3 Å². The minimum absolute atomic E-state index is 0.0793. The first-order chi connectivity index (χ1) is 8.81. The molecule has 0 saturated heterocycles. The van der Waals surface area contributed by atoms with Crippen molar-refractivity contribution in [2.45, 2.75) is 44.1 Å². The van der Waals surface area contributed by atoms with Crippen LogP contribution in [-0.4, -0.2) is 18.5 Å². The van der Waals surface area contributed by atoms with E-state index in [0.29, 0.717) is 12.6 Å². The normalized spacial score (nSPS) is 18.3. The Kier molecular flexibility index (Phi) is 4.76. The van der Waals surface area contributed by atoms with Gasteiger partial charge in [-0.25, -0.2) is 0 Å². The van der Waals surface area contributed by atoms with Gasteiger partial charge in [-0.05, 0) is 18.4 Å². The summed E-state index contributed by atoms with van der Waals surface area (Å²) in [5.41, 5.74) is 6.76. The molecule has 1 aromatic rings. The van der Waals surface area contributed by atoms with Gasteiger partial charge in [0.1, 0.15) is 0 Å². The maximum Gasteiger partial charge on any atom is 0.229 e. The molecule has 1 aliphatic carbocycles. The molecule has 0 aromatic heterocycles. The molecule has 0 radical (unpaired) electrons. The Labute approximate surface area is 109 Å². The minimum Gasteiger partial charge on any atom is -0.353 e. The fourth-order valence-corrected chi connectivity index (χ4v) is 2.63. The van der Waals surface area contributed by atoms with Crippen molar-refractivity contribution in [2.75, 3.05) is 6.54 Å². The summed E-state index contributed by atoms with van der Waals surface area (Å²) in [6, 6.07) is 10.1. The highest BCUT2D eigenvalue weighted by Crippen LogP contribution is 2.20. The second-order valence-electron chi connectivity index (χ2n) is 5.04. The number of carbonyl (C=O) groups is 1. The van der Waals surface area contributed by atoms with Gasteiger partial charge < -0.3 is 11.1 Å². The van der Waals surface area contributed by atoms with Crippen LogP contribution in [0.5, 0.6) is 0 Å². The number of nitrogens with one attached hydrogen (secondary N) is 1. The second-order valence-corrected chi connectivity index (χ2v) is 5.04. The highest BCUT2D eigenvalue weighted by molar-refractivity contribution is 5.84. The van der Waals surface area contributed by atoms with Gasteiger partial charge in [-0.3, -0.25) is 4.79 Å². The predicted molar refractivity (Wildman–Crippen MR) is 73.3 cm³/mol. The van der Waals surface area contributed by atoms with Crippen LogP contribution in [0.3, 0.4) is 0 Å². The van der Waals surface area contributed by atoms with Crippen LogP contribution in [-0.2, 0) is 4.79 Å². The summed E-state index contributed by atoms with van der Waals surface area (Å²) in [6.45, 7) is 0.364. The van der Waals surface area contributed by atoms with Crippen LogP contribution in [0, 0.1) is 0 Å². The standard InChI is InChI=1S/C15H22N2O/c16-11-14(12-7-3-1-4-8-12)15(18)17-13-9-5-2-6-10-13/h1,3-4,7-8,13-14H,2,5-6,9-11,16H2,(H,17,18). The summed E-state index contributed by atoms with van der Waals surface area (Å²) in [5.74, 6) is -0.135. The van der Waals surface area contributed by atoms with E-state index in [1.165, 1.54) is 19.3 Å². The van der Waals surface area contributed by atoms with Crippen molar-refractivity contribution in [3.05, 3.63) is 35.9 Å². The lowest BCUT2D eigenvalue weighted by Gasteiger charge is -2.25.